The second-order valence-electron chi connectivity index (χ2n) is 6.50. The molecule has 1 aromatic heterocycles. The van der Waals surface area contributed by atoms with Crippen molar-refractivity contribution in [2.45, 2.75) is 43.8 Å². The van der Waals surface area contributed by atoms with E-state index in [1.54, 1.807) is 6.33 Å². The quantitative estimate of drug-likeness (QED) is 0.787. The molecule has 1 heterocycles. The number of rotatable bonds is 5. The fourth-order valence-corrected chi connectivity index (χ4v) is 3.85. The van der Waals surface area contributed by atoms with Crippen molar-refractivity contribution in [3.8, 4) is 5.69 Å². The highest BCUT2D eigenvalue weighted by atomic mass is 32.2. The molecule has 1 aromatic carbocycles. The largest absolute Gasteiger partial charge is 0.335 e. The summed E-state index contributed by atoms with van der Waals surface area (Å²) >= 11 is 1.24. The second-order valence-corrected chi connectivity index (χ2v) is 7.44. The minimum Gasteiger partial charge on any atom is -0.335 e. The van der Waals surface area contributed by atoms with Crippen LogP contribution in [0, 0.1) is 5.92 Å². The molecule has 0 spiro atoms. The van der Waals surface area contributed by atoms with Gasteiger partial charge in [-0.05, 0) is 30.9 Å². The van der Waals surface area contributed by atoms with Crippen LogP contribution in [0.4, 0.5) is 4.79 Å². The predicted molar refractivity (Wildman–Crippen MR) is 100 cm³/mol. The first kappa shape index (κ1) is 18.4. The summed E-state index contributed by atoms with van der Waals surface area (Å²) in [5.41, 5.74) is 0.921. The molecule has 2 atom stereocenters. The number of nitrogens with zero attached hydrogens (tertiary/aromatic N) is 3. The van der Waals surface area contributed by atoms with Crippen molar-refractivity contribution < 1.29 is 9.59 Å². The Labute approximate surface area is 157 Å². The number of carbonyl (C=O) groups excluding carboxylic acids is 2. The fraction of sp³-hybridized carbons (Fsp3) is 0.444. The lowest BCUT2D eigenvalue weighted by Crippen LogP contribution is -2.48. The molecule has 0 radical (unpaired) electrons. The van der Waals surface area contributed by atoms with E-state index < -0.39 is 6.03 Å². The first-order valence-corrected chi connectivity index (χ1v) is 9.80. The standard InChI is InChI=1S/C18H23N5O2S/c1-13-7-5-6-10-15(13)20-17(25)21-16(24)11-26-18-22-19-12-23(18)14-8-3-2-4-9-14/h2-4,8-9,12-13,15H,5-7,10-11H2,1H3,(H2,20,21,24,25)/t13-,15-/m0/s1. The molecule has 3 rings (SSSR count). The van der Waals surface area contributed by atoms with Gasteiger partial charge in [-0.1, -0.05) is 49.7 Å². The number of benzene rings is 1. The van der Waals surface area contributed by atoms with E-state index >= 15 is 0 Å². The number of amides is 3. The van der Waals surface area contributed by atoms with Crippen molar-refractivity contribution in [1.82, 2.24) is 25.4 Å². The molecule has 1 fully saturated rings. The predicted octanol–water partition coefficient (Wildman–Crippen LogP) is 2.76. The van der Waals surface area contributed by atoms with Crippen LogP contribution in [0.3, 0.4) is 0 Å². The number of hydrogen-bond donors (Lipinski definition) is 2. The molecule has 0 aliphatic heterocycles. The van der Waals surface area contributed by atoms with Gasteiger partial charge in [-0.3, -0.25) is 14.7 Å². The number of hydrogen-bond acceptors (Lipinski definition) is 5. The number of aromatic nitrogens is 3. The zero-order valence-corrected chi connectivity index (χ0v) is 15.5. The summed E-state index contributed by atoms with van der Waals surface area (Å²) in [5.74, 6) is 0.195. The van der Waals surface area contributed by atoms with Gasteiger partial charge in [-0.15, -0.1) is 10.2 Å². The molecule has 1 aliphatic carbocycles. The highest BCUT2D eigenvalue weighted by molar-refractivity contribution is 7.99. The van der Waals surface area contributed by atoms with Crippen LogP contribution in [-0.2, 0) is 4.79 Å². The van der Waals surface area contributed by atoms with Crippen LogP contribution in [0.25, 0.3) is 5.69 Å². The van der Waals surface area contributed by atoms with Crippen molar-refractivity contribution in [2.24, 2.45) is 5.92 Å². The molecular formula is C18H23N5O2S. The van der Waals surface area contributed by atoms with E-state index in [0.29, 0.717) is 11.1 Å². The van der Waals surface area contributed by atoms with Crippen molar-refractivity contribution in [3.63, 3.8) is 0 Å². The van der Waals surface area contributed by atoms with Gasteiger partial charge in [-0.25, -0.2) is 4.79 Å². The van der Waals surface area contributed by atoms with E-state index in [-0.39, 0.29) is 17.7 Å². The van der Waals surface area contributed by atoms with E-state index in [0.717, 1.165) is 24.9 Å². The maximum Gasteiger partial charge on any atom is 0.321 e. The lowest BCUT2D eigenvalue weighted by molar-refractivity contribution is -0.117. The first-order chi connectivity index (χ1) is 12.6. The van der Waals surface area contributed by atoms with Crippen molar-refractivity contribution in [2.75, 3.05) is 5.75 Å². The Hall–Kier alpha value is -2.35. The minimum absolute atomic E-state index is 0.0964. The summed E-state index contributed by atoms with van der Waals surface area (Å²) in [5, 5.41) is 13.9. The lowest BCUT2D eigenvalue weighted by Gasteiger charge is -2.29. The Morgan fingerprint density at radius 3 is 2.77 bits per heavy atom. The van der Waals surface area contributed by atoms with Crippen LogP contribution >= 0.6 is 11.8 Å². The van der Waals surface area contributed by atoms with E-state index in [1.807, 2.05) is 34.9 Å². The Morgan fingerprint density at radius 2 is 2.00 bits per heavy atom. The third-order valence-corrected chi connectivity index (χ3v) is 5.51. The summed E-state index contributed by atoms with van der Waals surface area (Å²) < 4.78 is 1.81. The molecular weight excluding hydrogens is 350 g/mol. The maximum absolute atomic E-state index is 12.1. The monoisotopic (exact) mass is 373 g/mol. The van der Waals surface area contributed by atoms with E-state index in [1.165, 1.54) is 18.2 Å². The molecule has 2 aromatic rings. The Kier molecular flexibility index (Phi) is 6.27. The van der Waals surface area contributed by atoms with Gasteiger partial charge in [0, 0.05) is 11.7 Å². The molecule has 0 bridgehead atoms. The highest BCUT2D eigenvalue weighted by Crippen LogP contribution is 2.23. The molecule has 8 heteroatoms. The smallest absolute Gasteiger partial charge is 0.321 e. The van der Waals surface area contributed by atoms with Crippen LogP contribution in [0.15, 0.2) is 41.8 Å². The van der Waals surface area contributed by atoms with E-state index in [2.05, 4.69) is 27.8 Å². The molecule has 3 amide bonds. The number of nitrogens with one attached hydrogen (secondary N) is 2. The first-order valence-electron chi connectivity index (χ1n) is 8.82. The van der Waals surface area contributed by atoms with Gasteiger partial charge in [0.05, 0.1) is 5.75 Å². The number of urea groups is 1. The number of thioether (sulfide) groups is 1. The van der Waals surface area contributed by atoms with Gasteiger partial charge in [0.25, 0.3) is 0 Å². The third kappa shape index (κ3) is 4.85. The van der Waals surface area contributed by atoms with Gasteiger partial charge < -0.3 is 5.32 Å². The summed E-state index contributed by atoms with van der Waals surface area (Å²) in [6, 6.07) is 9.38. The molecule has 1 aliphatic rings. The van der Waals surface area contributed by atoms with E-state index in [9.17, 15) is 9.59 Å². The number of imide groups is 1. The maximum atomic E-state index is 12.1. The number of para-hydroxylation sites is 1. The van der Waals surface area contributed by atoms with Gasteiger partial charge >= 0.3 is 6.03 Å². The summed E-state index contributed by atoms with van der Waals surface area (Å²) in [6.45, 7) is 2.14. The van der Waals surface area contributed by atoms with Gasteiger partial charge in [0.2, 0.25) is 5.91 Å². The van der Waals surface area contributed by atoms with Crippen LogP contribution in [0.5, 0.6) is 0 Å². The normalized spacial score (nSPS) is 19.7. The average Bonchev–Trinajstić information content (AvgIpc) is 3.11. The zero-order valence-electron chi connectivity index (χ0n) is 14.7. The minimum atomic E-state index is -0.418. The van der Waals surface area contributed by atoms with Crippen LogP contribution in [-0.4, -0.2) is 38.5 Å². The van der Waals surface area contributed by atoms with Crippen LogP contribution < -0.4 is 10.6 Å². The summed E-state index contributed by atoms with van der Waals surface area (Å²) in [4.78, 5) is 24.1. The van der Waals surface area contributed by atoms with Crippen LogP contribution in [0.2, 0.25) is 0 Å². The molecule has 1 saturated carbocycles. The van der Waals surface area contributed by atoms with Crippen molar-refractivity contribution in [1.29, 1.82) is 0 Å². The van der Waals surface area contributed by atoms with Gasteiger partial charge in [0.1, 0.15) is 6.33 Å². The van der Waals surface area contributed by atoms with Gasteiger partial charge in [-0.2, -0.15) is 0 Å². The summed E-state index contributed by atoms with van der Waals surface area (Å²) in [6.07, 6.45) is 6.02. The highest BCUT2D eigenvalue weighted by Gasteiger charge is 2.23. The summed E-state index contributed by atoms with van der Waals surface area (Å²) in [7, 11) is 0. The number of carbonyl (C=O) groups is 2. The fourth-order valence-electron chi connectivity index (χ4n) is 3.12. The van der Waals surface area contributed by atoms with Crippen molar-refractivity contribution >= 4 is 23.7 Å². The molecule has 0 saturated heterocycles. The Balaban J connectivity index is 1.49. The molecule has 26 heavy (non-hydrogen) atoms. The van der Waals surface area contributed by atoms with Gasteiger partial charge in [0.15, 0.2) is 5.16 Å². The van der Waals surface area contributed by atoms with Crippen LogP contribution in [0.1, 0.15) is 32.6 Å². The topological polar surface area (TPSA) is 88.9 Å². The SMILES string of the molecule is C[C@H]1CCCC[C@@H]1NC(=O)NC(=O)CSc1nncn1-c1ccccc1. The third-order valence-electron chi connectivity index (χ3n) is 4.56. The molecule has 138 valence electrons. The molecule has 7 nitrogen and oxygen atoms in total. The zero-order chi connectivity index (χ0) is 18.4. The van der Waals surface area contributed by atoms with Crippen molar-refractivity contribution in [3.05, 3.63) is 36.7 Å². The lowest BCUT2D eigenvalue weighted by atomic mass is 9.86. The molecule has 0 unspecified atom stereocenters. The molecule has 2 N–H and O–H groups in total. The average molecular weight is 373 g/mol. The van der Waals surface area contributed by atoms with E-state index in [4.69, 9.17) is 0 Å². The Bertz CT molecular complexity index is 749. The Morgan fingerprint density at radius 1 is 1.23 bits per heavy atom. The second kappa shape index (κ2) is 8.84.